The van der Waals surface area contributed by atoms with Gasteiger partial charge in [0.1, 0.15) is 5.82 Å². The molecule has 0 amide bonds. The maximum absolute atomic E-state index is 10.4. The predicted molar refractivity (Wildman–Crippen MR) is 33.6 cm³/mol. The largest absolute Gasteiger partial charge is 0.331 e. The quantitative estimate of drug-likeness (QED) is 0.584. The Hall–Kier alpha value is -0.600. The van der Waals surface area contributed by atoms with E-state index in [0.29, 0.717) is 5.82 Å². The average molecular weight is 146 g/mol. The first kappa shape index (κ1) is 6.52. The molecule has 0 saturated carbocycles. The second kappa shape index (κ2) is 2.33. The summed E-state index contributed by atoms with van der Waals surface area (Å²) in [5.74, 6) is 0.571. The van der Waals surface area contributed by atoms with Crippen molar-refractivity contribution >= 4 is 8.18 Å². The molecule has 0 aliphatic carbocycles. The van der Waals surface area contributed by atoms with Crippen LogP contribution in [-0.4, -0.2) is 14.2 Å². The molecule has 0 aromatic carbocycles. The second-order valence-electron chi connectivity index (χ2n) is 1.63. The van der Waals surface area contributed by atoms with Crippen LogP contribution < -0.4 is 0 Å². The lowest BCUT2D eigenvalue weighted by Gasteiger charge is -1.94. The lowest BCUT2D eigenvalue weighted by molar-refractivity contribution is 0.492. The van der Waals surface area contributed by atoms with Gasteiger partial charge in [0.05, 0.1) is 0 Å². The molecule has 1 atom stereocenters. The molecule has 1 rings (SSSR count). The number of nitrogens with zero attached hydrogens (tertiary/aromatic N) is 2. The Morgan fingerprint density at radius 2 is 2.56 bits per heavy atom. The Balaban J connectivity index is 3.08. The molecule has 1 heterocycles. The van der Waals surface area contributed by atoms with Gasteiger partial charge in [-0.3, -0.25) is 8.90 Å². The molecule has 1 aromatic heterocycles. The normalized spacial score (nSPS) is 13.6. The Morgan fingerprint density at radius 1 is 1.89 bits per heavy atom. The molecule has 50 valence electrons. The van der Waals surface area contributed by atoms with Crippen molar-refractivity contribution in [1.29, 1.82) is 0 Å². The second-order valence-corrected chi connectivity index (χ2v) is 2.67. The molecule has 0 saturated heterocycles. The fourth-order valence-corrected chi connectivity index (χ4v) is 1.11. The van der Waals surface area contributed by atoms with Gasteiger partial charge in [-0.15, -0.1) is 0 Å². The summed E-state index contributed by atoms with van der Waals surface area (Å²) in [6.07, 6.45) is 2.98. The van der Waals surface area contributed by atoms with E-state index in [1.54, 1.807) is 6.92 Å². The average Bonchev–Trinajstić information content (AvgIpc) is 2.13. The highest BCUT2D eigenvalue weighted by atomic mass is 31.1. The molecule has 9 heavy (non-hydrogen) atoms. The summed E-state index contributed by atoms with van der Waals surface area (Å²) in [7, 11) is -2.60. The molecule has 0 aliphatic heterocycles. The lowest BCUT2D eigenvalue weighted by Crippen LogP contribution is -1.85. The van der Waals surface area contributed by atoms with Gasteiger partial charge in [-0.1, -0.05) is 0 Å². The number of hydrogen-bond acceptors (Lipinski definition) is 2. The Morgan fingerprint density at radius 3 is 2.78 bits per heavy atom. The van der Waals surface area contributed by atoms with E-state index >= 15 is 0 Å². The van der Waals surface area contributed by atoms with Crippen LogP contribution in [0.3, 0.4) is 0 Å². The molecule has 0 spiro atoms. The molecule has 1 aromatic rings. The molecule has 1 N–H and O–H groups in total. The maximum Gasteiger partial charge on any atom is 0.287 e. The van der Waals surface area contributed by atoms with E-state index in [0.717, 1.165) is 0 Å². The van der Waals surface area contributed by atoms with Crippen LogP contribution in [0.5, 0.6) is 0 Å². The van der Waals surface area contributed by atoms with Crippen LogP contribution in [0.25, 0.3) is 0 Å². The summed E-state index contributed by atoms with van der Waals surface area (Å²) in [4.78, 5) is 12.3. The summed E-state index contributed by atoms with van der Waals surface area (Å²) >= 11 is 0. The highest BCUT2D eigenvalue weighted by Crippen LogP contribution is 2.17. The minimum Gasteiger partial charge on any atom is -0.331 e. The van der Waals surface area contributed by atoms with Crippen molar-refractivity contribution in [3.8, 4) is 0 Å². The van der Waals surface area contributed by atoms with Crippen molar-refractivity contribution in [2.24, 2.45) is 0 Å². The summed E-state index contributed by atoms with van der Waals surface area (Å²) in [6.45, 7) is 1.68. The molecular weight excluding hydrogens is 139 g/mol. The fraction of sp³-hybridized carbons (Fsp3) is 0.250. The van der Waals surface area contributed by atoms with Gasteiger partial charge in [0, 0.05) is 12.4 Å². The van der Waals surface area contributed by atoms with Gasteiger partial charge in [0.2, 0.25) is 0 Å². The van der Waals surface area contributed by atoms with Gasteiger partial charge < -0.3 is 4.89 Å². The van der Waals surface area contributed by atoms with E-state index < -0.39 is 8.18 Å². The van der Waals surface area contributed by atoms with Gasteiger partial charge in [-0.25, -0.2) is 4.98 Å². The highest BCUT2D eigenvalue weighted by Gasteiger charge is 1.97. The first-order valence-electron chi connectivity index (χ1n) is 2.45. The standard InChI is InChI=1S/C4H7N2O2P/c1-4-5-2-3-6(4)9(7)8/h2-3,9H,1H3,(H,7,8). The molecule has 0 fully saturated rings. The van der Waals surface area contributed by atoms with E-state index in [1.807, 2.05) is 0 Å². The van der Waals surface area contributed by atoms with E-state index in [9.17, 15) is 4.57 Å². The lowest BCUT2D eigenvalue weighted by atomic mass is 10.8. The number of aryl methyl sites for hydroxylation is 1. The van der Waals surface area contributed by atoms with Crippen LogP contribution in [0.4, 0.5) is 0 Å². The zero-order chi connectivity index (χ0) is 6.85. The van der Waals surface area contributed by atoms with Crippen LogP contribution in [0.15, 0.2) is 12.4 Å². The molecule has 0 radical (unpaired) electrons. The third kappa shape index (κ3) is 1.20. The van der Waals surface area contributed by atoms with Crippen LogP contribution in [0.2, 0.25) is 0 Å². The number of imidazole rings is 1. The number of aromatic nitrogens is 2. The van der Waals surface area contributed by atoms with E-state index in [4.69, 9.17) is 4.89 Å². The zero-order valence-corrected chi connectivity index (χ0v) is 5.90. The van der Waals surface area contributed by atoms with Crippen molar-refractivity contribution in [2.45, 2.75) is 6.92 Å². The van der Waals surface area contributed by atoms with Crippen molar-refractivity contribution in [3.05, 3.63) is 18.2 Å². The number of rotatable bonds is 1. The van der Waals surface area contributed by atoms with E-state index in [1.165, 1.54) is 16.7 Å². The maximum atomic E-state index is 10.4. The summed E-state index contributed by atoms with van der Waals surface area (Å²) < 4.78 is 11.6. The Labute approximate surface area is 53.1 Å². The zero-order valence-electron chi connectivity index (χ0n) is 4.90. The van der Waals surface area contributed by atoms with E-state index in [-0.39, 0.29) is 0 Å². The molecule has 4 nitrogen and oxygen atoms in total. The smallest absolute Gasteiger partial charge is 0.287 e. The minimum atomic E-state index is -2.60. The molecule has 0 aliphatic rings. The first-order chi connectivity index (χ1) is 4.22. The monoisotopic (exact) mass is 146 g/mol. The van der Waals surface area contributed by atoms with Crippen LogP contribution in [0, 0.1) is 6.92 Å². The Bertz CT molecular complexity index is 232. The minimum absolute atomic E-state index is 0.571. The third-order valence-electron chi connectivity index (χ3n) is 1.03. The third-order valence-corrected chi connectivity index (χ3v) is 1.92. The molecule has 0 bridgehead atoms. The van der Waals surface area contributed by atoms with Gasteiger partial charge in [0.15, 0.2) is 0 Å². The number of hydrogen-bond donors (Lipinski definition) is 1. The Kier molecular flexibility index (Phi) is 1.69. The summed E-state index contributed by atoms with van der Waals surface area (Å²) in [5, 5.41) is 0. The highest BCUT2D eigenvalue weighted by molar-refractivity contribution is 7.36. The topological polar surface area (TPSA) is 55.1 Å². The van der Waals surface area contributed by atoms with Crippen LogP contribution in [-0.2, 0) is 4.57 Å². The predicted octanol–water partition coefficient (Wildman–Crippen LogP) is 0.422. The first-order valence-corrected chi connectivity index (χ1v) is 3.75. The fourth-order valence-electron chi connectivity index (χ4n) is 0.580. The SMILES string of the molecule is Cc1nccn1[PH](=O)O. The van der Waals surface area contributed by atoms with Crippen LogP contribution >= 0.6 is 8.18 Å². The molecule has 5 heteroatoms. The van der Waals surface area contributed by atoms with E-state index in [2.05, 4.69) is 4.98 Å². The van der Waals surface area contributed by atoms with Crippen molar-refractivity contribution < 1.29 is 9.46 Å². The molecular formula is C4H7N2O2P. The molecule has 1 unspecified atom stereocenters. The van der Waals surface area contributed by atoms with Gasteiger partial charge in [-0.2, -0.15) is 0 Å². The van der Waals surface area contributed by atoms with Gasteiger partial charge >= 0.3 is 0 Å². The van der Waals surface area contributed by atoms with Crippen molar-refractivity contribution in [3.63, 3.8) is 0 Å². The van der Waals surface area contributed by atoms with Gasteiger partial charge in [0.25, 0.3) is 8.18 Å². The van der Waals surface area contributed by atoms with Crippen LogP contribution in [0.1, 0.15) is 5.82 Å². The van der Waals surface area contributed by atoms with Crippen molar-refractivity contribution in [2.75, 3.05) is 0 Å². The van der Waals surface area contributed by atoms with Crippen molar-refractivity contribution in [1.82, 2.24) is 9.32 Å². The summed E-state index contributed by atoms with van der Waals surface area (Å²) in [6, 6.07) is 0. The van der Waals surface area contributed by atoms with Gasteiger partial charge in [-0.05, 0) is 6.92 Å². The summed E-state index contributed by atoms with van der Waals surface area (Å²) in [5.41, 5.74) is 0.